The fourth-order valence-electron chi connectivity index (χ4n) is 2.30. The van der Waals surface area contributed by atoms with Crippen molar-refractivity contribution in [3.8, 4) is 0 Å². The van der Waals surface area contributed by atoms with Gasteiger partial charge in [0.05, 0.1) is 5.92 Å². The van der Waals surface area contributed by atoms with Crippen LogP contribution in [0.5, 0.6) is 0 Å². The number of rotatable bonds is 6. The van der Waals surface area contributed by atoms with Crippen LogP contribution in [0.25, 0.3) is 0 Å². The molecule has 0 unspecified atom stereocenters. The Bertz CT molecular complexity index is 604. The van der Waals surface area contributed by atoms with Gasteiger partial charge in [0.25, 0.3) is 11.7 Å². The van der Waals surface area contributed by atoms with Gasteiger partial charge in [-0.1, -0.05) is 23.9 Å². The highest BCUT2D eigenvalue weighted by Crippen LogP contribution is 2.26. The number of anilines is 1. The molecule has 1 aromatic rings. The van der Waals surface area contributed by atoms with Crippen LogP contribution in [0.4, 0.5) is 14.5 Å². The fraction of sp³-hybridized carbons (Fsp3) is 0.412. The van der Waals surface area contributed by atoms with Gasteiger partial charge in [-0.3, -0.25) is 9.59 Å². The molecule has 1 aromatic carbocycles. The number of thioether (sulfide) groups is 1. The predicted octanol–water partition coefficient (Wildman–Crippen LogP) is 4.23. The van der Waals surface area contributed by atoms with Crippen LogP contribution >= 0.6 is 11.8 Å². The van der Waals surface area contributed by atoms with Crippen LogP contribution in [-0.2, 0) is 14.3 Å². The molecule has 0 heterocycles. The van der Waals surface area contributed by atoms with Gasteiger partial charge in [0, 0.05) is 10.6 Å². The topological polar surface area (TPSA) is 55.4 Å². The largest absolute Gasteiger partial charge is 0.452 e. The van der Waals surface area contributed by atoms with Gasteiger partial charge in [-0.05, 0) is 50.5 Å². The molecule has 0 saturated heterocycles. The van der Waals surface area contributed by atoms with Crippen molar-refractivity contribution in [2.45, 2.75) is 42.9 Å². The number of hydrogen-bond donors (Lipinski definition) is 1. The lowest BCUT2D eigenvalue weighted by Crippen LogP contribution is -2.32. The average molecular weight is 355 g/mol. The highest BCUT2D eigenvalue weighted by molar-refractivity contribution is 7.99. The monoisotopic (exact) mass is 355 g/mol. The summed E-state index contributed by atoms with van der Waals surface area (Å²) < 4.78 is 29.7. The van der Waals surface area contributed by atoms with Gasteiger partial charge in [0.15, 0.2) is 6.10 Å². The van der Waals surface area contributed by atoms with Crippen LogP contribution in [0.1, 0.15) is 26.2 Å². The number of benzene rings is 1. The lowest BCUT2D eigenvalue weighted by atomic mass is 9.95. The molecule has 0 fully saturated rings. The van der Waals surface area contributed by atoms with Crippen molar-refractivity contribution in [2.24, 2.45) is 5.92 Å². The van der Waals surface area contributed by atoms with E-state index >= 15 is 0 Å². The minimum Gasteiger partial charge on any atom is -0.452 e. The third-order valence-corrected chi connectivity index (χ3v) is 4.33. The first kappa shape index (κ1) is 18.4. The molecule has 7 heteroatoms. The summed E-state index contributed by atoms with van der Waals surface area (Å²) in [7, 11) is 0. The van der Waals surface area contributed by atoms with Crippen molar-refractivity contribution in [3.05, 3.63) is 36.4 Å². The molecule has 0 aromatic heterocycles. The van der Waals surface area contributed by atoms with E-state index < -0.39 is 17.8 Å². The lowest BCUT2D eigenvalue weighted by molar-refractivity contribution is -0.157. The molecular formula is C17H19F2NO3S. The number of esters is 1. The summed E-state index contributed by atoms with van der Waals surface area (Å²) >= 11 is 0.436. The number of hydrogen-bond acceptors (Lipinski definition) is 4. The average Bonchev–Trinajstić information content (AvgIpc) is 2.56. The Labute approximate surface area is 143 Å². The minimum atomic E-state index is -2.49. The maximum atomic E-state index is 12.3. The maximum Gasteiger partial charge on any atom is 0.310 e. The standard InChI is InChI=1S/C17H19F2NO3S/c1-11(23-16(22)12-5-3-2-4-6-12)15(21)20-13-7-9-14(10-8-13)24-17(18)19/h2-3,7-12,17H,4-6H2,1H3,(H,20,21)/t11-,12-/m1/s1. The summed E-state index contributed by atoms with van der Waals surface area (Å²) in [6.07, 6.45) is 5.25. The number of alkyl halides is 2. The van der Waals surface area contributed by atoms with Crippen LogP contribution in [0.15, 0.2) is 41.3 Å². The Morgan fingerprint density at radius 2 is 1.96 bits per heavy atom. The van der Waals surface area contributed by atoms with Crippen LogP contribution in [0, 0.1) is 5.92 Å². The van der Waals surface area contributed by atoms with Crippen LogP contribution in [0.2, 0.25) is 0 Å². The number of nitrogens with one attached hydrogen (secondary N) is 1. The Hall–Kier alpha value is -1.89. The summed E-state index contributed by atoms with van der Waals surface area (Å²) in [5.74, 6) is -3.51. The van der Waals surface area contributed by atoms with Crippen molar-refractivity contribution in [3.63, 3.8) is 0 Å². The number of allylic oxidation sites excluding steroid dienone is 2. The number of ether oxygens (including phenoxy) is 1. The SMILES string of the molecule is C[C@@H](OC(=O)[C@@H]1CC=CCC1)C(=O)Nc1ccc(SC(F)F)cc1. The van der Waals surface area contributed by atoms with Gasteiger partial charge in [0.2, 0.25) is 0 Å². The number of halogens is 2. The van der Waals surface area contributed by atoms with E-state index in [4.69, 9.17) is 4.74 Å². The molecule has 2 atom stereocenters. The predicted molar refractivity (Wildman–Crippen MR) is 89.0 cm³/mol. The van der Waals surface area contributed by atoms with Crippen molar-refractivity contribution in [1.29, 1.82) is 0 Å². The molecular weight excluding hydrogens is 336 g/mol. The third-order valence-electron chi connectivity index (χ3n) is 3.61. The number of amides is 1. The molecule has 2 rings (SSSR count). The minimum absolute atomic E-state index is 0.198. The maximum absolute atomic E-state index is 12.3. The molecule has 4 nitrogen and oxygen atoms in total. The first-order valence-corrected chi connectivity index (χ1v) is 8.55. The van der Waals surface area contributed by atoms with E-state index in [0.717, 1.165) is 12.8 Å². The summed E-state index contributed by atoms with van der Waals surface area (Å²) in [6, 6.07) is 6.06. The van der Waals surface area contributed by atoms with Crippen molar-refractivity contribution < 1.29 is 23.1 Å². The molecule has 1 aliphatic rings. The summed E-state index contributed by atoms with van der Waals surface area (Å²) in [6.45, 7) is 1.51. The van der Waals surface area contributed by atoms with Gasteiger partial charge in [-0.2, -0.15) is 8.78 Å². The normalized spacial score (nSPS) is 18.2. The Morgan fingerprint density at radius 1 is 1.25 bits per heavy atom. The van der Waals surface area contributed by atoms with Crippen LogP contribution in [0.3, 0.4) is 0 Å². The second kappa shape index (κ2) is 8.82. The smallest absolute Gasteiger partial charge is 0.310 e. The molecule has 1 amide bonds. The summed E-state index contributed by atoms with van der Waals surface area (Å²) in [5, 5.41) is 2.60. The zero-order chi connectivity index (χ0) is 17.5. The Kier molecular flexibility index (Phi) is 6.78. The van der Waals surface area contributed by atoms with Crippen LogP contribution < -0.4 is 5.32 Å². The highest BCUT2D eigenvalue weighted by Gasteiger charge is 2.25. The van der Waals surface area contributed by atoms with E-state index in [-0.39, 0.29) is 11.9 Å². The second-order valence-corrected chi connectivity index (χ2v) is 6.52. The molecule has 0 spiro atoms. The first-order chi connectivity index (χ1) is 11.5. The van der Waals surface area contributed by atoms with Crippen molar-refractivity contribution in [1.82, 2.24) is 0 Å². The molecule has 0 aliphatic heterocycles. The number of carbonyl (C=O) groups is 2. The summed E-state index contributed by atoms with van der Waals surface area (Å²) in [4.78, 5) is 24.5. The van der Waals surface area contributed by atoms with Gasteiger partial charge < -0.3 is 10.1 Å². The molecule has 1 N–H and O–H groups in total. The number of carbonyl (C=O) groups excluding carboxylic acids is 2. The van der Waals surface area contributed by atoms with Gasteiger partial charge >= 0.3 is 5.97 Å². The van der Waals surface area contributed by atoms with E-state index in [0.29, 0.717) is 28.8 Å². The zero-order valence-electron chi connectivity index (χ0n) is 13.2. The third kappa shape index (κ3) is 5.63. The van der Waals surface area contributed by atoms with E-state index in [9.17, 15) is 18.4 Å². The second-order valence-electron chi connectivity index (χ2n) is 5.45. The molecule has 0 saturated carbocycles. The lowest BCUT2D eigenvalue weighted by Gasteiger charge is -2.19. The quantitative estimate of drug-likeness (QED) is 0.471. The molecule has 1 aliphatic carbocycles. The molecule has 0 bridgehead atoms. The van der Waals surface area contributed by atoms with E-state index in [1.54, 1.807) is 0 Å². The molecule has 24 heavy (non-hydrogen) atoms. The van der Waals surface area contributed by atoms with Gasteiger partial charge in [-0.15, -0.1) is 0 Å². The summed E-state index contributed by atoms with van der Waals surface area (Å²) in [5.41, 5.74) is 0.460. The van der Waals surface area contributed by atoms with E-state index in [1.165, 1.54) is 31.2 Å². The van der Waals surface area contributed by atoms with E-state index in [2.05, 4.69) is 5.32 Å². The Morgan fingerprint density at radius 3 is 2.54 bits per heavy atom. The van der Waals surface area contributed by atoms with Gasteiger partial charge in [0.1, 0.15) is 0 Å². The molecule has 0 radical (unpaired) electrons. The van der Waals surface area contributed by atoms with Crippen LogP contribution in [-0.4, -0.2) is 23.7 Å². The first-order valence-electron chi connectivity index (χ1n) is 7.67. The van der Waals surface area contributed by atoms with E-state index in [1.807, 2.05) is 12.2 Å². The highest BCUT2D eigenvalue weighted by atomic mass is 32.2. The fourth-order valence-corrected chi connectivity index (χ4v) is 2.79. The van der Waals surface area contributed by atoms with Crippen molar-refractivity contribution >= 4 is 29.3 Å². The van der Waals surface area contributed by atoms with Crippen molar-refractivity contribution in [2.75, 3.05) is 5.32 Å². The van der Waals surface area contributed by atoms with Gasteiger partial charge in [-0.25, -0.2) is 0 Å². The molecule has 130 valence electrons. The zero-order valence-corrected chi connectivity index (χ0v) is 14.0. The Balaban J connectivity index is 1.84.